The van der Waals surface area contributed by atoms with Gasteiger partial charge in [-0.1, -0.05) is 0 Å². The zero-order valence-corrected chi connectivity index (χ0v) is 12.2. The standard InChI is InChI=1S/C15H18N4O2/c1-10-8-18(9-11(2)17-10)14-6-5-13(19(20)21)12-4-3-7-16-15(12)14/h3-7,10-11,17H,8-9H2,1-2H3/p+1/t10-,11-/m0/s1. The zero-order valence-electron chi connectivity index (χ0n) is 12.2. The monoisotopic (exact) mass is 287 g/mol. The molecule has 1 aromatic heterocycles. The van der Waals surface area contributed by atoms with Gasteiger partial charge >= 0.3 is 0 Å². The summed E-state index contributed by atoms with van der Waals surface area (Å²) in [5.74, 6) is 0. The van der Waals surface area contributed by atoms with E-state index < -0.39 is 0 Å². The lowest BCUT2D eigenvalue weighted by Gasteiger charge is -2.35. The summed E-state index contributed by atoms with van der Waals surface area (Å²) in [5, 5.41) is 14.1. The smallest absolute Gasteiger partial charge is 0.278 e. The SMILES string of the molecule is C[C@H]1CN(c2ccc([N+](=O)[O-])c3cccnc23)C[C@H](C)[NH2+]1. The Morgan fingerprint density at radius 1 is 1.29 bits per heavy atom. The fourth-order valence-corrected chi connectivity index (χ4v) is 3.21. The Balaban J connectivity index is 2.11. The number of piperazine rings is 1. The third kappa shape index (κ3) is 2.54. The number of nitrogens with zero attached hydrogens (tertiary/aromatic N) is 3. The molecular weight excluding hydrogens is 268 g/mol. The third-order valence-corrected chi connectivity index (χ3v) is 3.94. The molecular formula is C15H19N4O2+. The summed E-state index contributed by atoms with van der Waals surface area (Å²) in [5.41, 5.74) is 1.82. The van der Waals surface area contributed by atoms with Crippen molar-refractivity contribution in [2.75, 3.05) is 18.0 Å². The van der Waals surface area contributed by atoms with E-state index in [0.29, 0.717) is 23.0 Å². The third-order valence-electron chi connectivity index (χ3n) is 3.94. The minimum Gasteiger partial charge on any atom is -0.358 e. The minimum atomic E-state index is -0.344. The van der Waals surface area contributed by atoms with Crippen LogP contribution in [0.5, 0.6) is 0 Å². The van der Waals surface area contributed by atoms with Crippen LogP contribution in [0.25, 0.3) is 10.9 Å². The minimum absolute atomic E-state index is 0.117. The quantitative estimate of drug-likeness (QED) is 0.667. The summed E-state index contributed by atoms with van der Waals surface area (Å²) in [4.78, 5) is 17.5. The summed E-state index contributed by atoms with van der Waals surface area (Å²) >= 11 is 0. The number of non-ortho nitro benzene ring substituents is 1. The molecule has 21 heavy (non-hydrogen) atoms. The van der Waals surface area contributed by atoms with Crippen molar-refractivity contribution in [2.24, 2.45) is 0 Å². The molecule has 1 aromatic carbocycles. The van der Waals surface area contributed by atoms with E-state index in [1.807, 2.05) is 6.07 Å². The number of nitrogens with two attached hydrogens (primary N) is 1. The van der Waals surface area contributed by atoms with E-state index in [-0.39, 0.29) is 10.6 Å². The summed E-state index contributed by atoms with van der Waals surface area (Å²) in [6.07, 6.45) is 1.69. The lowest BCUT2D eigenvalue weighted by atomic mass is 10.1. The lowest BCUT2D eigenvalue weighted by Crippen LogP contribution is -2.99. The van der Waals surface area contributed by atoms with Crippen molar-refractivity contribution in [2.45, 2.75) is 25.9 Å². The number of nitro benzene ring substituents is 1. The van der Waals surface area contributed by atoms with E-state index in [1.54, 1.807) is 24.4 Å². The van der Waals surface area contributed by atoms with Gasteiger partial charge < -0.3 is 10.2 Å². The molecule has 2 N–H and O–H groups in total. The van der Waals surface area contributed by atoms with Crippen LogP contribution in [-0.2, 0) is 0 Å². The number of benzene rings is 1. The molecule has 1 aliphatic heterocycles. The van der Waals surface area contributed by atoms with Crippen molar-refractivity contribution in [3.63, 3.8) is 0 Å². The molecule has 0 amide bonds. The van der Waals surface area contributed by atoms with Crippen LogP contribution in [0.15, 0.2) is 30.5 Å². The molecule has 1 fully saturated rings. The molecule has 2 heterocycles. The van der Waals surface area contributed by atoms with Gasteiger partial charge in [-0.2, -0.15) is 0 Å². The van der Waals surface area contributed by atoms with Crippen LogP contribution in [0.1, 0.15) is 13.8 Å². The molecule has 1 aliphatic rings. The second-order valence-electron chi connectivity index (χ2n) is 5.81. The molecule has 2 aromatic rings. The molecule has 0 aliphatic carbocycles. The number of hydrogen-bond donors (Lipinski definition) is 1. The number of rotatable bonds is 2. The Labute approximate surface area is 122 Å². The first-order valence-corrected chi connectivity index (χ1v) is 7.18. The first-order chi connectivity index (χ1) is 10.1. The Morgan fingerprint density at radius 3 is 2.67 bits per heavy atom. The number of pyridine rings is 1. The molecule has 1 saturated heterocycles. The molecule has 110 valence electrons. The molecule has 0 radical (unpaired) electrons. The highest BCUT2D eigenvalue weighted by Crippen LogP contribution is 2.32. The summed E-state index contributed by atoms with van der Waals surface area (Å²) in [6.45, 7) is 6.25. The first kappa shape index (κ1) is 13.8. The molecule has 0 bridgehead atoms. The topological polar surface area (TPSA) is 75.9 Å². The van der Waals surface area contributed by atoms with Gasteiger partial charge in [0.25, 0.3) is 5.69 Å². The van der Waals surface area contributed by atoms with Gasteiger partial charge in [0.1, 0.15) is 17.6 Å². The van der Waals surface area contributed by atoms with Gasteiger partial charge in [-0.3, -0.25) is 15.1 Å². The molecule has 6 heteroatoms. The Bertz CT molecular complexity index is 678. The van der Waals surface area contributed by atoms with E-state index in [2.05, 4.69) is 29.0 Å². The van der Waals surface area contributed by atoms with Crippen LogP contribution in [0, 0.1) is 10.1 Å². The summed E-state index contributed by atoms with van der Waals surface area (Å²) in [6, 6.07) is 7.94. The summed E-state index contributed by atoms with van der Waals surface area (Å²) in [7, 11) is 0. The summed E-state index contributed by atoms with van der Waals surface area (Å²) < 4.78 is 0. The maximum absolute atomic E-state index is 11.2. The van der Waals surface area contributed by atoms with E-state index >= 15 is 0 Å². The van der Waals surface area contributed by atoms with Gasteiger partial charge in [0.15, 0.2) is 0 Å². The fraction of sp³-hybridized carbons (Fsp3) is 0.400. The predicted molar refractivity (Wildman–Crippen MR) is 81.5 cm³/mol. The highest BCUT2D eigenvalue weighted by atomic mass is 16.6. The van der Waals surface area contributed by atoms with Gasteiger partial charge in [0, 0.05) is 12.3 Å². The highest BCUT2D eigenvalue weighted by Gasteiger charge is 2.27. The van der Waals surface area contributed by atoms with Crippen LogP contribution in [-0.4, -0.2) is 35.1 Å². The molecule has 6 nitrogen and oxygen atoms in total. The number of nitro groups is 1. The van der Waals surface area contributed by atoms with Crippen LogP contribution in [0.4, 0.5) is 11.4 Å². The van der Waals surface area contributed by atoms with E-state index in [4.69, 9.17) is 0 Å². The molecule has 0 saturated carbocycles. The largest absolute Gasteiger partial charge is 0.358 e. The Kier molecular flexibility index (Phi) is 3.47. The number of quaternary nitrogens is 1. The van der Waals surface area contributed by atoms with Crippen molar-refractivity contribution >= 4 is 22.3 Å². The van der Waals surface area contributed by atoms with Crippen LogP contribution >= 0.6 is 0 Å². The normalized spacial score (nSPS) is 22.5. The van der Waals surface area contributed by atoms with Crippen molar-refractivity contribution in [3.05, 3.63) is 40.6 Å². The van der Waals surface area contributed by atoms with Crippen molar-refractivity contribution in [1.29, 1.82) is 0 Å². The predicted octanol–water partition coefficient (Wildman–Crippen LogP) is 1.30. The maximum Gasteiger partial charge on any atom is 0.278 e. The van der Waals surface area contributed by atoms with Gasteiger partial charge in [0.05, 0.1) is 29.1 Å². The first-order valence-electron chi connectivity index (χ1n) is 7.18. The lowest BCUT2D eigenvalue weighted by molar-refractivity contribution is -0.716. The number of hydrogen-bond acceptors (Lipinski definition) is 4. The number of fused-ring (bicyclic) bond motifs is 1. The Hall–Kier alpha value is -2.21. The number of aromatic nitrogens is 1. The van der Waals surface area contributed by atoms with Gasteiger partial charge in [-0.15, -0.1) is 0 Å². The second-order valence-corrected chi connectivity index (χ2v) is 5.81. The number of anilines is 1. The average molecular weight is 287 g/mol. The fourth-order valence-electron chi connectivity index (χ4n) is 3.21. The highest BCUT2D eigenvalue weighted by molar-refractivity contribution is 5.97. The second kappa shape index (κ2) is 5.29. The van der Waals surface area contributed by atoms with Gasteiger partial charge in [-0.25, -0.2) is 0 Å². The van der Waals surface area contributed by atoms with Crippen LogP contribution in [0.2, 0.25) is 0 Å². The molecule has 2 atom stereocenters. The zero-order chi connectivity index (χ0) is 15.0. The van der Waals surface area contributed by atoms with Crippen molar-refractivity contribution < 1.29 is 10.2 Å². The van der Waals surface area contributed by atoms with E-state index in [9.17, 15) is 10.1 Å². The Morgan fingerprint density at radius 2 is 2.00 bits per heavy atom. The van der Waals surface area contributed by atoms with Crippen molar-refractivity contribution in [1.82, 2.24) is 4.98 Å². The molecule has 0 spiro atoms. The molecule has 0 unspecified atom stereocenters. The van der Waals surface area contributed by atoms with Crippen LogP contribution in [0.3, 0.4) is 0 Å². The average Bonchev–Trinajstić information content (AvgIpc) is 2.44. The van der Waals surface area contributed by atoms with Gasteiger partial charge in [-0.05, 0) is 32.0 Å². The molecule has 3 rings (SSSR count). The van der Waals surface area contributed by atoms with Gasteiger partial charge in [0.2, 0.25) is 0 Å². The van der Waals surface area contributed by atoms with E-state index in [1.165, 1.54) is 0 Å². The van der Waals surface area contributed by atoms with Crippen molar-refractivity contribution in [3.8, 4) is 0 Å². The maximum atomic E-state index is 11.2. The van der Waals surface area contributed by atoms with Crippen LogP contribution < -0.4 is 10.2 Å². The van der Waals surface area contributed by atoms with E-state index in [0.717, 1.165) is 18.8 Å².